The van der Waals surface area contributed by atoms with Crippen molar-refractivity contribution in [2.45, 2.75) is 20.8 Å². The van der Waals surface area contributed by atoms with Crippen LogP contribution in [0.4, 0.5) is 0 Å². The second-order valence-electron chi connectivity index (χ2n) is 6.13. The van der Waals surface area contributed by atoms with Crippen molar-refractivity contribution in [3.63, 3.8) is 0 Å². The molecule has 24 heavy (non-hydrogen) atoms. The van der Waals surface area contributed by atoms with Crippen molar-refractivity contribution in [1.82, 2.24) is 19.9 Å². The first-order chi connectivity index (χ1) is 11.6. The van der Waals surface area contributed by atoms with Gasteiger partial charge in [0.25, 0.3) is 5.91 Å². The maximum Gasteiger partial charge on any atom is 0.253 e. The number of nitrogens with zero attached hydrogens (tertiary/aromatic N) is 3. The van der Waals surface area contributed by atoms with Crippen LogP contribution in [0.25, 0.3) is 5.82 Å². The summed E-state index contributed by atoms with van der Waals surface area (Å²) in [7, 11) is 0. The minimum Gasteiger partial charge on any atom is -0.379 e. The molecule has 3 heterocycles. The van der Waals surface area contributed by atoms with E-state index in [1.54, 1.807) is 0 Å². The average molecular weight is 332 g/mol. The predicted octanol–water partition coefficient (Wildman–Crippen LogP) is 1.45. The maximum absolute atomic E-state index is 12.5. The molecule has 2 aromatic rings. The Labute approximate surface area is 141 Å². The normalized spacial score (nSPS) is 15.6. The van der Waals surface area contributed by atoms with Crippen LogP contribution in [0, 0.1) is 20.8 Å². The fourth-order valence-corrected chi connectivity index (χ4v) is 3.05. The first kappa shape index (κ1) is 16.7. The lowest BCUT2D eigenvalue weighted by molar-refractivity contribution is 0.0383. The zero-order chi connectivity index (χ0) is 17.1. The number of hydrogen-bond donors (Lipinski definition) is 1. The van der Waals surface area contributed by atoms with Crippen LogP contribution in [0.2, 0.25) is 0 Å². The first-order valence-electron chi connectivity index (χ1n) is 8.27. The summed E-state index contributed by atoms with van der Waals surface area (Å²) in [5.41, 5.74) is 2.50. The van der Waals surface area contributed by atoms with Crippen molar-refractivity contribution >= 4 is 5.91 Å². The van der Waals surface area contributed by atoms with E-state index >= 15 is 0 Å². The molecule has 1 saturated heterocycles. The Bertz CT molecular complexity index is 713. The molecule has 1 amide bonds. The Morgan fingerprint density at radius 1 is 1.25 bits per heavy atom. The number of hydrogen-bond acceptors (Lipinski definition) is 5. The monoisotopic (exact) mass is 332 g/mol. The highest BCUT2D eigenvalue weighted by Crippen LogP contribution is 2.20. The van der Waals surface area contributed by atoms with Gasteiger partial charge in [0.1, 0.15) is 5.76 Å². The molecule has 1 aliphatic rings. The number of aryl methyl sites for hydroxylation is 2. The lowest BCUT2D eigenvalue weighted by Gasteiger charge is -2.26. The molecule has 7 nitrogen and oxygen atoms in total. The molecular formula is C17H24N4O3. The highest BCUT2D eigenvalue weighted by molar-refractivity contribution is 5.95. The summed E-state index contributed by atoms with van der Waals surface area (Å²) in [4.78, 5) is 14.8. The smallest absolute Gasteiger partial charge is 0.253 e. The van der Waals surface area contributed by atoms with E-state index in [0.717, 1.165) is 50.0 Å². The van der Waals surface area contributed by atoms with Gasteiger partial charge in [0.15, 0.2) is 5.82 Å². The largest absolute Gasteiger partial charge is 0.379 e. The predicted molar refractivity (Wildman–Crippen MR) is 89.6 cm³/mol. The fourth-order valence-electron chi connectivity index (χ4n) is 3.05. The van der Waals surface area contributed by atoms with Crippen LogP contribution in [0.15, 0.2) is 16.7 Å². The third-order valence-electron chi connectivity index (χ3n) is 4.34. The van der Waals surface area contributed by atoms with E-state index in [4.69, 9.17) is 9.26 Å². The summed E-state index contributed by atoms with van der Waals surface area (Å²) < 4.78 is 12.4. The van der Waals surface area contributed by atoms with Gasteiger partial charge in [-0.3, -0.25) is 14.3 Å². The zero-order valence-electron chi connectivity index (χ0n) is 14.5. The molecule has 130 valence electrons. The van der Waals surface area contributed by atoms with Gasteiger partial charge in [0, 0.05) is 43.6 Å². The Balaban J connectivity index is 1.64. The maximum atomic E-state index is 12.5. The number of morpholine rings is 1. The van der Waals surface area contributed by atoms with E-state index < -0.39 is 0 Å². The van der Waals surface area contributed by atoms with Crippen molar-refractivity contribution in [1.29, 1.82) is 0 Å². The summed E-state index contributed by atoms with van der Waals surface area (Å²) >= 11 is 0. The highest BCUT2D eigenvalue weighted by Gasteiger charge is 2.18. The van der Waals surface area contributed by atoms with Gasteiger partial charge in [-0.25, -0.2) is 0 Å². The van der Waals surface area contributed by atoms with Crippen molar-refractivity contribution in [3.05, 3.63) is 34.8 Å². The summed E-state index contributed by atoms with van der Waals surface area (Å²) in [6, 6.07) is 3.75. The van der Waals surface area contributed by atoms with E-state index in [-0.39, 0.29) is 5.91 Å². The molecular weight excluding hydrogens is 308 g/mol. The molecule has 2 aromatic heterocycles. The summed E-state index contributed by atoms with van der Waals surface area (Å²) in [5, 5.41) is 7.05. The Morgan fingerprint density at radius 2 is 2.00 bits per heavy atom. The molecule has 0 radical (unpaired) electrons. The molecule has 0 aliphatic carbocycles. The number of aromatic nitrogens is 2. The first-order valence-corrected chi connectivity index (χ1v) is 8.27. The van der Waals surface area contributed by atoms with Crippen LogP contribution < -0.4 is 5.32 Å². The lowest BCUT2D eigenvalue weighted by atomic mass is 10.2. The third-order valence-corrected chi connectivity index (χ3v) is 4.34. The number of carbonyl (C=O) groups excluding carboxylic acids is 1. The minimum atomic E-state index is -0.0529. The fraction of sp³-hybridized carbons (Fsp3) is 0.529. The molecule has 1 N–H and O–H groups in total. The quantitative estimate of drug-likeness (QED) is 0.897. The van der Waals surface area contributed by atoms with Crippen LogP contribution in [-0.2, 0) is 4.74 Å². The molecule has 0 saturated carbocycles. The molecule has 7 heteroatoms. The minimum absolute atomic E-state index is 0.0529. The van der Waals surface area contributed by atoms with Crippen LogP contribution in [0.1, 0.15) is 27.5 Å². The molecule has 0 unspecified atom stereocenters. The molecule has 1 fully saturated rings. The second kappa shape index (κ2) is 7.19. The number of amides is 1. The van der Waals surface area contributed by atoms with Gasteiger partial charge in [-0.05, 0) is 26.8 Å². The van der Waals surface area contributed by atoms with Crippen molar-refractivity contribution < 1.29 is 14.1 Å². The topological polar surface area (TPSA) is 72.5 Å². The summed E-state index contributed by atoms with van der Waals surface area (Å²) in [6.07, 6.45) is 0. The van der Waals surface area contributed by atoms with E-state index in [1.807, 2.05) is 37.5 Å². The molecule has 0 aromatic carbocycles. The van der Waals surface area contributed by atoms with E-state index in [0.29, 0.717) is 17.9 Å². The highest BCUT2D eigenvalue weighted by atomic mass is 16.5. The number of rotatable bonds is 5. The molecule has 1 aliphatic heterocycles. The lowest BCUT2D eigenvalue weighted by Crippen LogP contribution is -2.41. The van der Waals surface area contributed by atoms with Crippen LogP contribution >= 0.6 is 0 Å². The number of carbonyl (C=O) groups is 1. The van der Waals surface area contributed by atoms with Crippen molar-refractivity contribution in [3.8, 4) is 5.82 Å². The Hall–Kier alpha value is -2.12. The summed E-state index contributed by atoms with van der Waals surface area (Å²) in [5.74, 6) is 1.40. The second-order valence-corrected chi connectivity index (χ2v) is 6.13. The Kier molecular flexibility index (Phi) is 5.01. The number of nitrogens with one attached hydrogen (secondary N) is 1. The van der Waals surface area contributed by atoms with Gasteiger partial charge >= 0.3 is 0 Å². The van der Waals surface area contributed by atoms with Crippen molar-refractivity contribution in [2.24, 2.45) is 0 Å². The SMILES string of the molecule is Cc1cc(-n2c(C)cc(C(=O)NCCN3CCOCC3)c2C)no1. The average Bonchev–Trinajstić information content (AvgIpc) is 3.11. The van der Waals surface area contributed by atoms with E-state index in [1.165, 1.54) is 0 Å². The molecule has 0 atom stereocenters. The van der Waals surface area contributed by atoms with Crippen LogP contribution in [0.5, 0.6) is 0 Å². The van der Waals surface area contributed by atoms with Crippen LogP contribution in [0.3, 0.4) is 0 Å². The molecule has 3 rings (SSSR count). The Morgan fingerprint density at radius 3 is 2.67 bits per heavy atom. The van der Waals surface area contributed by atoms with E-state index in [9.17, 15) is 4.79 Å². The van der Waals surface area contributed by atoms with Crippen LogP contribution in [-0.4, -0.2) is 59.9 Å². The van der Waals surface area contributed by atoms with Crippen molar-refractivity contribution in [2.75, 3.05) is 39.4 Å². The zero-order valence-corrected chi connectivity index (χ0v) is 14.5. The van der Waals surface area contributed by atoms with Gasteiger partial charge in [-0.15, -0.1) is 0 Å². The van der Waals surface area contributed by atoms with Gasteiger partial charge in [0.2, 0.25) is 0 Å². The van der Waals surface area contributed by atoms with Gasteiger partial charge in [-0.2, -0.15) is 0 Å². The molecule has 0 spiro atoms. The summed E-state index contributed by atoms with van der Waals surface area (Å²) in [6.45, 7) is 10.6. The standard InChI is InChI=1S/C17H24N4O3/c1-12-10-15(14(3)21(12)16-11-13(2)24-19-16)17(22)18-4-5-20-6-8-23-9-7-20/h10-11H,4-9H2,1-3H3,(H,18,22). The van der Waals surface area contributed by atoms with Gasteiger partial charge in [-0.1, -0.05) is 5.16 Å². The van der Waals surface area contributed by atoms with Gasteiger partial charge < -0.3 is 14.6 Å². The number of ether oxygens (including phenoxy) is 1. The molecule has 0 bridgehead atoms. The third kappa shape index (κ3) is 3.52. The van der Waals surface area contributed by atoms with E-state index in [2.05, 4.69) is 15.4 Å². The van der Waals surface area contributed by atoms with Gasteiger partial charge in [0.05, 0.1) is 18.8 Å².